The van der Waals surface area contributed by atoms with Crippen molar-refractivity contribution in [2.24, 2.45) is 0 Å². The van der Waals surface area contributed by atoms with Crippen LogP contribution < -0.4 is 10.4 Å². The fraction of sp³-hybridized carbons (Fsp3) is 0.400. The molecule has 52 heavy (non-hydrogen) atoms. The van der Waals surface area contributed by atoms with Gasteiger partial charge in [-0.25, -0.2) is 0 Å². The van der Waals surface area contributed by atoms with Gasteiger partial charge in [-0.15, -0.1) is 69.1 Å². The van der Waals surface area contributed by atoms with Crippen LogP contribution in [0.15, 0.2) is 97.1 Å². The second-order valence-electron chi connectivity index (χ2n) is 16.7. The summed E-state index contributed by atoms with van der Waals surface area (Å²) in [5.74, 6) is 1.47. The van der Waals surface area contributed by atoms with Crippen LogP contribution in [-0.4, -0.2) is 8.07 Å². The zero-order chi connectivity index (χ0) is 35.0. The normalized spacial score (nSPS) is 16.1. The van der Waals surface area contributed by atoms with Gasteiger partial charge in [-0.05, 0) is 72.6 Å². The molecule has 6 aromatic rings. The average Bonchev–Trinajstić information content (AvgIpc) is 3.75. The van der Waals surface area contributed by atoms with Gasteiger partial charge in [0.15, 0.2) is 0 Å². The molecular formula is C50H58SiZr. The SMILES string of the molecule is CCCc1[cH-]c2cccc(-c3ccc(C4CCCCC4)cc3)c2c1[Si](C)(C)c1c(CCC)[cH-]c2cccc(-c3ccc(C4CCCCC4)cc3)c12.[Zr+2]. The van der Waals surface area contributed by atoms with Gasteiger partial charge in [-0.2, -0.15) is 10.4 Å². The summed E-state index contributed by atoms with van der Waals surface area (Å²) in [7, 11) is -2.25. The van der Waals surface area contributed by atoms with Crippen molar-refractivity contribution in [2.75, 3.05) is 0 Å². The van der Waals surface area contributed by atoms with Crippen LogP contribution in [0.25, 0.3) is 43.8 Å². The van der Waals surface area contributed by atoms with E-state index < -0.39 is 8.07 Å². The van der Waals surface area contributed by atoms with Crippen LogP contribution in [0.2, 0.25) is 13.1 Å². The summed E-state index contributed by atoms with van der Waals surface area (Å²) in [5.41, 5.74) is 11.9. The van der Waals surface area contributed by atoms with E-state index in [-0.39, 0.29) is 26.2 Å². The second kappa shape index (κ2) is 16.3. The minimum Gasteiger partial charge on any atom is -0.158 e. The first-order chi connectivity index (χ1) is 25.0. The Morgan fingerprint density at radius 3 is 1.27 bits per heavy atom. The van der Waals surface area contributed by atoms with Crippen molar-refractivity contribution in [3.8, 4) is 22.3 Å². The molecule has 2 heteroatoms. The monoisotopic (exact) mass is 776 g/mol. The zero-order valence-corrected chi connectivity index (χ0v) is 35.7. The van der Waals surface area contributed by atoms with Gasteiger partial charge in [0.1, 0.15) is 0 Å². The molecule has 0 saturated heterocycles. The molecule has 2 aliphatic carbocycles. The molecule has 2 fully saturated rings. The van der Waals surface area contributed by atoms with Crippen LogP contribution in [0.1, 0.15) is 125 Å². The molecule has 0 spiro atoms. The third-order valence-electron chi connectivity index (χ3n) is 12.9. The van der Waals surface area contributed by atoms with E-state index >= 15 is 0 Å². The predicted molar refractivity (Wildman–Crippen MR) is 226 cm³/mol. The van der Waals surface area contributed by atoms with Crippen molar-refractivity contribution >= 4 is 40.0 Å². The average molecular weight is 778 g/mol. The maximum atomic E-state index is 2.68. The Kier molecular flexibility index (Phi) is 11.7. The third-order valence-corrected chi connectivity index (χ3v) is 16.5. The van der Waals surface area contributed by atoms with Crippen molar-refractivity contribution in [1.29, 1.82) is 0 Å². The van der Waals surface area contributed by atoms with Gasteiger partial charge in [0.05, 0.1) is 0 Å². The van der Waals surface area contributed by atoms with E-state index in [4.69, 9.17) is 0 Å². The number of hydrogen-bond donors (Lipinski definition) is 0. The van der Waals surface area contributed by atoms with Crippen molar-refractivity contribution in [1.82, 2.24) is 0 Å². The minimum atomic E-state index is -2.25. The smallest absolute Gasteiger partial charge is 0.158 e. The Labute approximate surface area is 334 Å². The van der Waals surface area contributed by atoms with E-state index in [0.717, 1.165) is 24.7 Å². The van der Waals surface area contributed by atoms with Gasteiger partial charge in [0.2, 0.25) is 0 Å². The Morgan fingerprint density at radius 2 is 0.904 bits per heavy atom. The van der Waals surface area contributed by atoms with E-state index in [1.54, 1.807) is 32.6 Å². The topological polar surface area (TPSA) is 0 Å². The maximum Gasteiger partial charge on any atom is 2.00 e. The summed E-state index contributed by atoms with van der Waals surface area (Å²) < 4.78 is 0. The number of aryl methyl sites for hydroxylation is 2. The molecule has 0 heterocycles. The van der Waals surface area contributed by atoms with E-state index in [0.29, 0.717) is 0 Å². The molecule has 0 aliphatic heterocycles. The van der Waals surface area contributed by atoms with Crippen molar-refractivity contribution in [2.45, 2.75) is 129 Å². The summed E-state index contributed by atoms with van der Waals surface area (Å²) in [6.45, 7) is 10.1. The maximum absolute atomic E-state index is 2.68. The summed E-state index contributed by atoms with van der Waals surface area (Å²) in [5, 5.41) is 9.25. The van der Waals surface area contributed by atoms with Crippen molar-refractivity contribution in [3.63, 3.8) is 0 Å². The van der Waals surface area contributed by atoms with Crippen LogP contribution in [0.5, 0.6) is 0 Å². The number of fused-ring (bicyclic) bond motifs is 2. The molecule has 266 valence electrons. The minimum absolute atomic E-state index is 0. The van der Waals surface area contributed by atoms with E-state index in [1.807, 2.05) is 0 Å². The zero-order valence-electron chi connectivity index (χ0n) is 32.3. The number of rotatable bonds is 10. The van der Waals surface area contributed by atoms with Gasteiger partial charge in [0.25, 0.3) is 0 Å². The molecule has 0 unspecified atom stereocenters. The third kappa shape index (κ3) is 7.09. The Balaban J connectivity index is 0.00000420. The van der Waals surface area contributed by atoms with Crippen LogP contribution in [0.4, 0.5) is 0 Å². The molecule has 0 nitrogen and oxygen atoms in total. The summed E-state index contributed by atoms with van der Waals surface area (Å²) in [6.07, 6.45) is 18.3. The largest absolute Gasteiger partial charge is 2.00 e. The fourth-order valence-electron chi connectivity index (χ4n) is 10.5. The molecule has 6 aromatic carbocycles. The first kappa shape index (κ1) is 37.5. The molecule has 2 saturated carbocycles. The molecule has 0 radical (unpaired) electrons. The van der Waals surface area contributed by atoms with Gasteiger partial charge in [-0.1, -0.05) is 150 Å². The van der Waals surface area contributed by atoms with E-state index in [9.17, 15) is 0 Å². The Morgan fingerprint density at radius 1 is 0.519 bits per heavy atom. The first-order valence-electron chi connectivity index (χ1n) is 20.6. The fourth-order valence-corrected chi connectivity index (χ4v) is 14.5. The summed E-state index contributed by atoms with van der Waals surface area (Å²) >= 11 is 0. The Bertz CT molecular complexity index is 1940. The Hall–Kier alpha value is -2.80. The van der Waals surface area contributed by atoms with Crippen LogP contribution in [0.3, 0.4) is 0 Å². The summed E-state index contributed by atoms with van der Waals surface area (Å²) in [6, 6.07) is 38.9. The van der Waals surface area contributed by atoms with Gasteiger partial charge < -0.3 is 0 Å². The molecular weight excluding hydrogens is 720 g/mol. The van der Waals surface area contributed by atoms with Crippen LogP contribution in [-0.2, 0) is 39.0 Å². The quantitative estimate of drug-likeness (QED) is 0.0960. The predicted octanol–water partition coefficient (Wildman–Crippen LogP) is 13.6. The molecule has 0 atom stereocenters. The second-order valence-corrected chi connectivity index (χ2v) is 20.9. The standard InChI is InChI=1S/C50H58Si.Zr/c1-5-15-43-33-41-21-13-23-45(39-29-25-37(26-30-39)35-17-9-7-10-18-35)47(41)49(43)51(3,4)50-44(16-6-2)34-42-22-14-24-46(48(42)50)40-31-27-38(28-32-40)36-19-11-8-12-20-36;/h13-14,21-36H,5-12,15-20H2,1-4H3;/q-2;+2. The van der Waals surface area contributed by atoms with Gasteiger partial charge >= 0.3 is 26.2 Å². The molecule has 8 rings (SSSR count). The van der Waals surface area contributed by atoms with Gasteiger partial charge in [0, 0.05) is 8.07 Å². The number of hydrogen-bond acceptors (Lipinski definition) is 0. The van der Waals surface area contributed by atoms with Crippen molar-refractivity contribution < 1.29 is 26.2 Å². The van der Waals surface area contributed by atoms with Gasteiger partial charge in [-0.3, -0.25) is 0 Å². The summed E-state index contributed by atoms with van der Waals surface area (Å²) in [4.78, 5) is 0. The van der Waals surface area contributed by atoms with Crippen LogP contribution >= 0.6 is 0 Å². The van der Waals surface area contributed by atoms with Crippen LogP contribution in [0, 0.1) is 0 Å². The first-order valence-corrected chi connectivity index (χ1v) is 23.6. The molecule has 0 N–H and O–H groups in total. The molecule has 2 aliphatic rings. The molecule has 0 amide bonds. The van der Waals surface area contributed by atoms with Crippen molar-refractivity contribution in [3.05, 3.63) is 119 Å². The number of benzene rings is 4. The van der Waals surface area contributed by atoms with E-state index in [1.165, 1.54) is 121 Å². The van der Waals surface area contributed by atoms with E-state index in [2.05, 4.69) is 124 Å². The molecule has 0 aromatic heterocycles. The molecule has 0 bridgehead atoms.